The number of likely N-dealkylation sites (tertiary alicyclic amines) is 1. The van der Waals surface area contributed by atoms with Crippen molar-refractivity contribution in [3.63, 3.8) is 0 Å². The van der Waals surface area contributed by atoms with Crippen LogP contribution in [0.1, 0.15) is 26.2 Å². The minimum atomic E-state index is -0.403. The Labute approximate surface area is 111 Å². The number of piperidine rings is 1. The molecule has 0 radical (unpaired) electrons. The van der Waals surface area contributed by atoms with Crippen LogP contribution >= 0.6 is 11.8 Å². The van der Waals surface area contributed by atoms with E-state index in [-0.39, 0.29) is 11.3 Å². The van der Waals surface area contributed by atoms with Crippen molar-refractivity contribution in [2.24, 2.45) is 0 Å². The smallest absolute Gasteiger partial charge is 0.333 e. The summed E-state index contributed by atoms with van der Waals surface area (Å²) in [6.45, 7) is 4.01. The van der Waals surface area contributed by atoms with Crippen molar-refractivity contribution in [1.82, 2.24) is 10.2 Å². The quantitative estimate of drug-likeness (QED) is 0.614. The van der Waals surface area contributed by atoms with E-state index in [9.17, 15) is 9.59 Å². The molecule has 0 spiro atoms. The van der Waals surface area contributed by atoms with Crippen molar-refractivity contribution in [3.05, 3.63) is 11.1 Å². The van der Waals surface area contributed by atoms with Gasteiger partial charge in [-0.25, -0.2) is 4.79 Å². The normalized spacial score (nSPS) is 27.3. The molecule has 2 fully saturated rings. The number of hydrogen-bond acceptors (Lipinski definition) is 5. The minimum absolute atomic E-state index is 0.0301. The highest BCUT2D eigenvalue weighted by molar-refractivity contribution is 8.04. The molecule has 0 saturated carbocycles. The molecule has 0 aliphatic carbocycles. The van der Waals surface area contributed by atoms with Gasteiger partial charge in [0.2, 0.25) is 0 Å². The number of esters is 1. The van der Waals surface area contributed by atoms with Crippen LogP contribution in [0.2, 0.25) is 0 Å². The van der Waals surface area contributed by atoms with Crippen LogP contribution in [0.3, 0.4) is 0 Å². The van der Waals surface area contributed by atoms with Crippen LogP contribution in [0.15, 0.2) is 11.1 Å². The number of nitrogens with zero attached hydrogens (tertiary/aromatic N) is 1. The van der Waals surface area contributed by atoms with E-state index in [0.717, 1.165) is 25.9 Å². The van der Waals surface area contributed by atoms with Crippen LogP contribution in [-0.4, -0.2) is 41.8 Å². The predicted octanol–water partition coefficient (Wildman–Crippen LogP) is 1.07. The third kappa shape index (κ3) is 3.26. The molecule has 1 amide bonds. The highest BCUT2D eigenvalue weighted by atomic mass is 32.2. The van der Waals surface area contributed by atoms with Crippen molar-refractivity contribution in [1.29, 1.82) is 0 Å². The van der Waals surface area contributed by atoms with Gasteiger partial charge in [-0.3, -0.25) is 9.69 Å². The molecule has 0 aromatic carbocycles. The van der Waals surface area contributed by atoms with Crippen molar-refractivity contribution in [2.45, 2.75) is 31.6 Å². The van der Waals surface area contributed by atoms with E-state index in [4.69, 9.17) is 4.74 Å². The lowest BCUT2D eigenvalue weighted by atomic mass is 10.1. The van der Waals surface area contributed by atoms with Crippen LogP contribution in [0.4, 0.5) is 0 Å². The highest BCUT2D eigenvalue weighted by Crippen LogP contribution is 2.31. The van der Waals surface area contributed by atoms with E-state index in [1.165, 1.54) is 24.3 Å². The average molecular weight is 270 g/mol. The molecular weight excluding hydrogens is 252 g/mol. The molecule has 18 heavy (non-hydrogen) atoms. The van der Waals surface area contributed by atoms with Crippen molar-refractivity contribution in [3.8, 4) is 0 Å². The minimum Gasteiger partial charge on any atom is -0.463 e. The zero-order valence-electron chi connectivity index (χ0n) is 10.5. The third-order valence-electron chi connectivity index (χ3n) is 2.97. The Balaban J connectivity index is 1.95. The van der Waals surface area contributed by atoms with Crippen molar-refractivity contribution < 1.29 is 14.3 Å². The fourth-order valence-electron chi connectivity index (χ4n) is 2.14. The maximum absolute atomic E-state index is 11.9. The van der Waals surface area contributed by atoms with E-state index < -0.39 is 5.97 Å². The number of nitrogens with one attached hydrogen (secondary N) is 1. The van der Waals surface area contributed by atoms with Crippen LogP contribution in [0, 0.1) is 0 Å². The second kappa shape index (κ2) is 6.24. The first-order valence-electron chi connectivity index (χ1n) is 6.30. The van der Waals surface area contributed by atoms with Crippen LogP contribution in [-0.2, 0) is 14.3 Å². The Morgan fingerprint density at radius 1 is 1.50 bits per heavy atom. The summed E-state index contributed by atoms with van der Waals surface area (Å²) in [6, 6.07) is 0. The van der Waals surface area contributed by atoms with Crippen LogP contribution < -0.4 is 5.32 Å². The zero-order chi connectivity index (χ0) is 13.0. The van der Waals surface area contributed by atoms with Gasteiger partial charge >= 0.3 is 5.97 Å². The molecule has 2 rings (SSSR count). The summed E-state index contributed by atoms with van der Waals surface area (Å²) in [4.78, 5) is 25.3. The maximum Gasteiger partial charge on any atom is 0.333 e. The Hall–Kier alpha value is -1.01. The highest BCUT2D eigenvalue weighted by Gasteiger charge is 2.34. The molecule has 2 aliphatic rings. The number of ether oxygens (including phenoxy) is 1. The lowest BCUT2D eigenvalue weighted by Gasteiger charge is -2.29. The molecule has 2 saturated heterocycles. The molecule has 0 bridgehead atoms. The maximum atomic E-state index is 11.9. The van der Waals surface area contributed by atoms with Gasteiger partial charge in [0.25, 0.3) is 5.91 Å². The van der Waals surface area contributed by atoms with Gasteiger partial charge in [-0.05, 0) is 32.9 Å². The molecule has 2 heterocycles. The first-order valence-corrected chi connectivity index (χ1v) is 7.18. The van der Waals surface area contributed by atoms with Gasteiger partial charge in [-0.2, -0.15) is 0 Å². The van der Waals surface area contributed by atoms with Gasteiger partial charge in [-0.15, -0.1) is 0 Å². The van der Waals surface area contributed by atoms with Gasteiger partial charge in [0.15, 0.2) is 0 Å². The average Bonchev–Trinajstić information content (AvgIpc) is 2.71. The molecule has 0 aromatic rings. The second-order valence-corrected chi connectivity index (χ2v) is 5.44. The molecular formula is C12H18N2O3S. The lowest BCUT2D eigenvalue weighted by Crippen LogP contribution is -2.42. The van der Waals surface area contributed by atoms with E-state index in [0.29, 0.717) is 11.6 Å². The molecule has 5 nitrogen and oxygen atoms in total. The Bertz CT molecular complexity index is 364. The molecule has 1 N–H and O–H groups in total. The summed E-state index contributed by atoms with van der Waals surface area (Å²) < 4.78 is 4.83. The van der Waals surface area contributed by atoms with Crippen molar-refractivity contribution >= 4 is 23.6 Å². The van der Waals surface area contributed by atoms with E-state index in [1.807, 2.05) is 0 Å². The predicted molar refractivity (Wildman–Crippen MR) is 69.7 cm³/mol. The van der Waals surface area contributed by atoms with Crippen LogP contribution in [0.5, 0.6) is 0 Å². The number of amides is 1. The third-order valence-corrected chi connectivity index (χ3v) is 4.18. The molecule has 0 aromatic heterocycles. The molecule has 6 heteroatoms. The summed E-state index contributed by atoms with van der Waals surface area (Å²) in [7, 11) is 0. The first-order chi connectivity index (χ1) is 8.70. The molecule has 1 atom stereocenters. The fourth-order valence-corrected chi connectivity index (χ4v) is 3.23. The Kier molecular flexibility index (Phi) is 4.66. The Morgan fingerprint density at radius 2 is 2.22 bits per heavy atom. The van der Waals surface area contributed by atoms with Crippen LogP contribution in [0.25, 0.3) is 0 Å². The zero-order valence-corrected chi connectivity index (χ0v) is 11.3. The summed E-state index contributed by atoms with van der Waals surface area (Å²) in [6.07, 6.45) is 4.87. The molecule has 1 unspecified atom stereocenters. The largest absolute Gasteiger partial charge is 0.463 e. The summed E-state index contributed by atoms with van der Waals surface area (Å²) in [5.41, 5.74) is 0. The van der Waals surface area contributed by atoms with E-state index in [1.54, 1.807) is 6.92 Å². The SMILES string of the molecule is CCOC(=O)/C=C1\NC(=O)C(N2CCCCC2)S1. The number of hydrogen-bond donors (Lipinski definition) is 1. The van der Waals surface area contributed by atoms with Gasteiger partial charge in [-0.1, -0.05) is 18.2 Å². The number of carbonyl (C=O) groups excluding carboxylic acids is 2. The van der Waals surface area contributed by atoms with Gasteiger partial charge in [0.05, 0.1) is 17.7 Å². The standard InChI is InChI=1S/C12H18N2O3S/c1-2-17-10(15)8-9-13-11(16)12(18-9)14-6-4-3-5-7-14/h8,12H,2-7H2,1H3,(H,13,16)/b9-8+. The summed E-state index contributed by atoms with van der Waals surface area (Å²) in [5, 5.41) is 3.14. The topological polar surface area (TPSA) is 58.6 Å². The molecule has 2 aliphatic heterocycles. The summed E-state index contributed by atoms with van der Waals surface area (Å²) >= 11 is 1.41. The van der Waals surface area contributed by atoms with Gasteiger partial charge in [0, 0.05) is 0 Å². The first kappa shape index (κ1) is 13.4. The number of thioether (sulfide) groups is 1. The van der Waals surface area contributed by atoms with Gasteiger partial charge in [0.1, 0.15) is 5.37 Å². The number of rotatable bonds is 3. The monoisotopic (exact) mass is 270 g/mol. The summed E-state index contributed by atoms with van der Waals surface area (Å²) in [5.74, 6) is -0.433. The lowest BCUT2D eigenvalue weighted by molar-refractivity contribution is -0.137. The van der Waals surface area contributed by atoms with Gasteiger partial charge < -0.3 is 10.1 Å². The van der Waals surface area contributed by atoms with E-state index in [2.05, 4.69) is 10.2 Å². The molecule has 100 valence electrons. The second-order valence-electron chi connectivity index (χ2n) is 4.32. The van der Waals surface area contributed by atoms with E-state index >= 15 is 0 Å². The van der Waals surface area contributed by atoms with Crippen molar-refractivity contribution in [2.75, 3.05) is 19.7 Å². The fraction of sp³-hybridized carbons (Fsp3) is 0.667. The number of carbonyl (C=O) groups is 2. The Morgan fingerprint density at radius 3 is 2.89 bits per heavy atom.